The molecular formula is C21H23I2N5O. The molecule has 1 heterocycles. The standard InChI is InChI=1S/C21H23I2N5O/c1-27(14-15-12-16(22)13-18(23)19(15)29)21(10-6-3-7-11-21)20-24-25-26-28(20)17-8-4-2-5-9-17/h2,4-5,8-9,12-13,29H,3,6-7,10-11,14H2,1H3. The molecule has 3 aromatic rings. The minimum absolute atomic E-state index is 0.267. The molecule has 1 fully saturated rings. The second-order valence-corrected chi connectivity index (χ2v) is 10.0. The minimum atomic E-state index is -0.267. The van der Waals surface area contributed by atoms with Crippen LogP contribution < -0.4 is 0 Å². The lowest BCUT2D eigenvalue weighted by atomic mass is 9.79. The summed E-state index contributed by atoms with van der Waals surface area (Å²) in [5, 5.41) is 23.5. The monoisotopic (exact) mass is 615 g/mol. The number of phenols is 1. The zero-order chi connectivity index (χ0) is 20.4. The molecule has 0 saturated heterocycles. The molecule has 0 amide bonds. The summed E-state index contributed by atoms with van der Waals surface area (Å²) < 4.78 is 3.88. The van der Waals surface area contributed by atoms with Crippen LogP contribution in [0.4, 0.5) is 0 Å². The smallest absolute Gasteiger partial charge is 0.176 e. The summed E-state index contributed by atoms with van der Waals surface area (Å²) in [7, 11) is 2.13. The number of hydrogen-bond acceptors (Lipinski definition) is 5. The second kappa shape index (κ2) is 8.84. The largest absolute Gasteiger partial charge is 0.507 e. The van der Waals surface area contributed by atoms with Gasteiger partial charge >= 0.3 is 0 Å². The highest BCUT2D eigenvalue weighted by Gasteiger charge is 2.43. The first kappa shape index (κ1) is 21.0. The van der Waals surface area contributed by atoms with Crippen LogP contribution in [-0.2, 0) is 12.1 Å². The number of benzene rings is 2. The van der Waals surface area contributed by atoms with Crippen LogP contribution in [0.3, 0.4) is 0 Å². The topological polar surface area (TPSA) is 67.1 Å². The van der Waals surface area contributed by atoms with Gasteiger partial charge in [0.05, 0.1) is 14.8 Å². The van der Waals surface area contributed by atoms with Gasteiger partial charge in [-0.3, -0.25) is 4.90 Å². The van der Waals surface area contributed by atoms with E-state index in [9.17, 15) is 5.11 Å². The zero-order valence-electron chi connectivity index (χ0n) is 16.2. The first-order valence-electron chi connectivity index (χ1n) is 9.74. The van der Waals surface area contributed by atoms with E-state index in [2.05, 4.69) is 78.7 Å². The Hall–Kier alpha value is -1.27. The van der Waals surface area contributed by atoms with Gasteiger partial charge in [-0.15, -0.1) is 5.10 Å². The van der Waals surface area contributed by atoms with E-state index in [4.69, 9.17) is 0 Å². The molecular weight excluding hydrogens is 592 g/mol. The highest BCUT2D eigenvalue weighted by molar-refractivity contribution is 14.1. The van der Waals surface area contributed by atoms with Gasteiger partial charge < -0.3 is 5.11 Å². The third-order valence-electron chi connectivity index (χ3n) is 5.81. The average molecular weight is 615 g/mol. The molecule has 0 aliphatic heterocycles. The molecule has 8 heteroatoms. The van der Waals surface area contributed by atoms with Crippen molar-refractivity contribution >= 4 is 45.2 Å². The molecule has 0 atom stereocenters. The van der Waals surface area contributed by atoms with Gasteiger partial charge in [0.2, 0.25) is 0 Å². The number of nitrogens with zero attached hydrogens (tertiary/aromatic N) is 5. The van der Waals surface area contributed by atoms with Crippen molar-refractivity contribution in [3.8, 4) is 11.4 Å². The Kier molecular flexibility index (Phi) is 6.40. The Morgan fingerprint density at radius 2 is 1.83 bits per heavy atom. The van der Waals surface area contributed by atoms with Gasteiger partial charge in [-0.25, -0.2) is 0 Å². The average Bonchev–Trinajstić information content (AvgIpc) is 3.23. The van der Waals surface area contributed by atoms with Gasteiger partial charge in [-0.2, -0.15) is 4.68 Å². The molecule has 1 saturated carbocycles. The number of rotatable bonds is 5. The summed E-state index contributed by atoms with van der Waals surface area (Å²) in [5.74, 6) is 1.25. The summed E-state index contributed by atoms with van der Waals surface area (Å²) in [4.78, 5) is 2.33. The first-order valence-corrected chi connectivity index (χ1v) is 11.9. The molecule has 1 aliphatic carbocycles. The maximum atomic E-state index is 10.6. The number of aromatic hydroxyl groups is 1. The SMILES string of the molecule is CN(Cc1cc(I)cc(I)c1O)C1(c2nnnn2-c2ccccc2)CCCCC1. The Balaban J connectivity index is 1.75. The number of phenolic OH excluding ortho intramolecular Hbond substituents is 1. The van der Waals surface area contributed by atoms with E-state index in [1.165, 1.54) is 6.42 Å². The fourth-order valence-electron chi connectivity index (χ4n) is 4.28. The number of para-hydroxylation sites is 1. The second-order valence-electron chi connectivity index (χ2n) is 7.59. The van der Waals surface area contributed by atoms with Crippen molar-refractivity contribution in [3.05, 3.63) is 61.0 Å². The Labute approximate surface area is 198 Å². The molecule has 0 bridgehead atoms. The summed E-state index contributed by atoms with van der Waals surface area (Å²) in [6.07, 6.45) is 5.51. The summed E-state index contributed by atoms with van der Waals surface area (Å²) in [6.45, 7) is 0.639. The van der Waals surface area contributed by atoms with Gasteiger partial charge in [0.25, 0.3) is 0 Å². The number of hydrogen-bond donors (Lipinski definition) is 1. The summed E-state index contributed by atoms with van der Waals surface area (Å²) in [6, 6.07) is 14.1. The Bertz CT molecular complexity index is 986. The molecule has 29 heavy (non-hydrogen) atoms. The molecule has 2 aromatic carbocycles. The number of halogens is 2. The fraction of sp³-hybridized carbons (Fsp3) is 0.381. The van der Waals surface area contributed by atoms with E-state index in [-0.39, 0.29) is 5.54 Å². The van der Waals surface area contributed by atoms with Gasteiger partial charge in [0.1, 0.15) is 5.75 Å². The molecule has 6 nitrogen and oxygen atoms in total. The van der Waals surface area contributed by atoms with Gasteiger partial charge in [0.15, 0.2) is 5.82 Å². The third kappa shape index (κ3) is 4.15. The van der Waals surface area contributed by atoms with Crippen molar-refractivity contribution in [2.45, 2.75) is 44.2 Å². The molecule has 0 radical (unpaired) electrons. The molecule has 1 aliphatic rings. The Morgan fingerprint density at radius 1 is 1.10 bits per heavy atom. The van der Waals surface area contributed by atoms with E-state index < -0.39 is 0 Å². The number of tetrazole rings is 1. The summed E-state index contributed by atoms with van der Waals surface area (Å²) >= 11 is 4.50. The molecule has 4 rings (SSSR count). The molecule has 152 valence electrons. The lowest BCUT2D eigenvalue weighted by molar-refractivity contribution is 0.0540. The maximum absolute atomic E-state index is 10.6. The normalized spacial score (nSPS) is 16.3. The van der Waals surface area contributed by atoms with Crippen LogP contribution in [0.2, 0.25) is 0 Å². The van der Waals surface area contributed by atoms with Crippen LogP contribution >= 0.6 is 45.2 Å². The predicted molar refractivity (Wildman–Crippen MR) is 129 cm³/mol. The van der Waals surface area contributed by atoms with Crippen LogP contribution in [0.5, 0.6) is 5.75 Å². The van der Waals surface area contributed by atoms with E-state index in [0.29, 0.717) is 12.3 Å². The van der Waals surface area contributed by atoms with Crippen molar-refractivity contribution in [1.29, 1.82) is 0 Å². The fourth-order valence-corrected chi connectivity index (χ4v) is 6.24. The van der Waals surface area contributed by atoms with Gasteiger partial charge in [0, 0.05) is 15.7 Å². The number of aromatic nitrogens is 4. The van der Waals surface area contributed by atoms with Crippen molar-refractivity contribution < 1.29 is 5.11 Å². The van der Waals surface area contributed by atoms with Crippen LogP contribution in [0.15, 0.2) is 42.5 Å². The highest BCUT2D eigenvalue weighted by atomic mass is 127. The minimum Gasteiger partial charge on any atom is -0.507 e. The molecule has 0 unspecified atom stereocenters. The zero-order valence-corrected chi connectivity index (χ0v) is 20.5. The van der Waals surface area contributed by atoms with E-state index in [1.807, 2.05) is 41.1 Å². The van der Waals surface area contributed by atoms with Crippen molar-refractivity contribution in [2.75, 3.05) is 7.05 Å². The van der Waals surface area contributed by atoms with Crippen molar-refractivity contribution in [1.82, 2.24) is 25.1 Å². The van der Waals surface area contributed by atoms with Crippen molar-refractivity contribution in [3.63, 3.8) is 0 Å². The van der Waals surface area contributed by atoms with Crippen LogP contribution in [0, 0.1) is 7.14 Å². The quantitative estimate of drug-likeness (QED) is 0.416. The molecule has 1 N–H and O–H groups in total. The van der Waals surface area contributed by atoms with Crippen LogP contribution in [0.25, 0.3) is 5.69 Å². The van der Waals surface area contributed by atoms with E-state index in [0.717, 1.165) is 49.9 Å². The lowest BCUT2D eigenvalue weighted by Gasteiger charge is -2.43. The van der Waals surface area contributed by atoms with Crippen LogP contribution in [0.1, 0.15) is 43.5 Å². The van der Waals surface area contributed by atoms with Crippen LogP contribution in [-0.4, -0.2) is 37.3 Å². The van der Waals surface area contributed by atoms with Crippen molar-refractivity contribution in [2.24, 2.45) is 0 Å². The molecule has 0 spiro atoms. The van der Waals surface area contributed by atoms with Gasteiger partial charge in [-0.1, -0.05) is 37.5 Å². The molecule has 1 aromatic heterocycles. The van der Waals surface area contributed by atoms with E-state index in [1.54, 1.807) is 0 Å². The third-order valence-corrected chi connectivity index (χ3v) is 7.26. The highest BCUT2D eigenvalue weighted by Crippen LogP contribution is 2.42. The summed E-state index contributed by atoms with van der Waals surface area (Å²) in [5.41, 5.74) is 1.64. The van der Waals surface area contributed by atoms with E-state index >= 15 is 0 Å². The lowest BCUT2D eigenvalue weighted by Crippen LogP contribution is -2.47. The van der Waals surface area contributed by atoms with Gasteiger partial charge in [-0.05, 0) is 99.8 Å². The Morgan fingerprint density at radius 3 is 2.55 bits per heavy atom. The predicted octanol–water partition coefficient (Wildman–Crippen LogP) is 4.87. The maximum Gasteiger partial charge on any atom is 0.176 e. The first-order chi connectivity index (χ1) is 14.0.